The summed E-state index contributed by atoms with van der Waals surface area (Å²) < 4.78 is 24.9. The molecule has 0 aliphatic carbocycles. The van der Waals surface area contributed by atoms with Gasteiger partial charge in [-0.1, -0.05) is 19.1 Å². The average Bonchev–Trinajstić information content (AvgIpc) is 2.36. The standard InChI is InChI=1S/C12H14N2O4S/c1-2-14(8-12(15)16)19(17,18)9-11-5-3-10(7-13)4-6-11/h3-6H,2,8-9H2,1H3,(H,15,16). The molecule has 6 nitrogen and oxygen atoms in total. The first-order valence-corrected chi connectivity index (χ1v) is 7.18. The van der Waals surface area contributed by atoms with Crippen molar-refractivity contribution in [3.05, 3.63) is 35.4 Å². The second kappa shape index (κ2) is 6.31. The highest BCUT2D eigenvalue weighted by Crippen LogP contribution is 2.11. The van der Waals surface area contributed by atoms with E-state index in [9.17, 15) is 13.2 Å². The molecule has 1 rings (SSSR count). The Bertz CT molecular complexity index is 587. The highest BCUT2D eigenvalue weighted by Gasteiger charge is 2.23. The summed E-state index contributed by atoms with van der Waals surface area (Å²) in [6, 6.07) is 8.08. The van der Waals surface area contributed by atoms with Crippen LogP contribution in [0, 0.1) is 11.3 Å². The lowest BCUT2D eigenvalue weighted by Gasteiger charge is -2.18. The van der Waals surface area contributed by atoms with E-state index in [4.69, 9.17) is 10.4 Å². The summed E-state index contributed by atoms with van der Waals surface area (Å²) in [5.74, 6) is -1.47. The summed E-state index contributed by atoms with van der Waals surface area (Å²) in [4.78, 5) is 10.6. The lowest BCUT2D eigenvalue weighted by Crippen LogP contribution is -2.36. The average molecular weight is 282 g/mol. The van der Waals surface area contributed by atoms with E-state index in [0.717, 1.165) is 4.31 Å². The molecule has 1 aromatic carbocycles. The molecule has 0 bridgehead atoms. The van der Waals surface area contributed by atoms with Gasteiger partial charge in [0, 0.05) is 6.54 Å². The molecule has 102 valence electrons. The third kappa shape index (κ3) is 4.35. The third-order valence-electron chi connectivity index (χ3n) is 2.49. The maximum absolute atomic E-state index is 12.0. The highest BCUT2D eigenvalue weighted by atomic mass is 32.2. The fraction of sp³-hybridized carbons (Fsp3) is 0.333. The minimum Gasteiger partial charge on any atom is -0.480 e. The van der Waals surface area contributed by atoms with Crippen molar-refractivity contribution in [1.29, 1.82) is 5.26 Å². The van der Waals surface area contributed by atoms with Crippen molar-refractivity contribution < 1.29 is 18.3 Å². The van der Waals surface area contributed by atoms with Crippen LogP contribution in [0.5, 0.6) is 0 Å². The maximum atomic E-state index is 12.0. The van der Waals surface area contributed by atoms with Gasteiger partial charge in [-0.3, -0.25) is 4.79 Å². The molecule has 19 heavy (non-hydrogen) atoms. The van der Waals surface area contributed by atoms with Crippen LogP contribution < -0.4 is 0 Å². The topological polar surface area (TPSA) is 98.5 Å². The van der Waals surface area contributed by atoms with Crippen LogP contribution in [0.2, 0.25) is 0 Å². The Kier molecular flexibility index (Phi) is 5.03. The van der Waals surface area contributed by atoms with Crippen molar-refractivity contribution in [3.8, 4) is 6.07 Å². The monoisotopic (exact) mass is 282 g/mol. The second-order valence-electron chi connectivity index (χ2n) is 3.88. The van der Waals surface area contributed by atoms with E-state index in [2.05, 4.69) is 0 Å². The van der Waals surface area contributed by atoms with Gasteiger partial charge in [-0.25, -0.2) is 8.42 Å². The molecule has 0 radical (unpaired) electrons. The minimum absolute atomic E-state index is 0.102. The number of sulfonamides is 1. The first-order chi connectivity index (χ1) is 8.89. The van der Waals surface area contributed by atoms with Crippen molar-refractivity contribution in [1.82, 2.24) is 4.31 Å². The molecular formula is C12H14N2O4S. The predicted molar refractivity (Wildman–Crippen MR) is 68.7 cm³/mol. The Morgan fingerprint density at radius 1 is 1.37 bits per heavy atom. The third-order valence-corrected chi connectivity index (χ3v) is 4.36. The van der Waals surface area contributed by atoms with E-state index >= 15 is 0 Å². The molecule has 0 aliphatic rings. The van der Waals surface area contributed by atoms with Crippen LogP contribution >= 0.6 is 0 Å². The molecule has 0 unspecified atom stereocenters. The van der Waals surface area contributed by atoms with Crippen LogP contribution in [0.1, 0.15) is 18.1 Å². The van der Waals surface area contributed by atoms with Gasteiger partial charge < -0.3 is 5.11 Å². The van der Waals surface area contributed by atoms with Crippen LogP contribution in [-0.4, -0.2) is 36.9 Å². The largest absolute Gasteiger partial charge is 0.480 e. The van der Waals surface area contributed by atoms with E-state index in [1.54, 1.807) is 19.1 Å². The van der Waals surface area contributed by atoms with E-state index < -0.39 is 22.5 Å². The van der Waals surface area contributed by atoms with Crippen LogP contribution in [0.3, 0.4) is 0 Å². The molecule has 1 aromatic rings. The Morgan fingerprint density at radius 3 is 2.37 bits per heavy atom. The number of hydrogen-bond acceptors (Lipinski definition) is 4. The highest BCUT2D eigenvalue weighted by molar-refractivity contribution is 7.88. The second-order valence-corrected chi connectivity index (χ2v) is 5.85. The van der Waals surface area contributed by atoms with Crippen molar-refractivity contribution in [2.45, 2.75) is 12.7 Å². The summed E-state index contributed by atoms with van der Waals surface area (Å²) in [7, 11) is -3.67. The van der Waals surface area contributed by atoms with Crippen molar-refractivity contribution in [3.63, 3.8) is 0 Å². The zero-order valence-electron chi connectivity index (χ0n) is 10.4. The van der Waals surface area contributed by atoms with Crippen LogP contribution in [-0.2, 0) is 20.6 Å². The number of carbonyl (C=O) groups is 1. The zero-order valence-corrected chi connectivity index (χ0v) is 11.2. The molecular weight excluding hydrogens is 268 g/mol. The fourth-order valence-electron chi connectivity index (χ4n) is 1.54. The molecule has 1 N–H and O–H groups in total. The van der Waals surface area contributed by atoms with Gasteiger partial charge in [0.1, 0.15) is 6.54 Å². The quantitative estimate of drug-likeness (QED) is 0.831. The number of carboxylic acid groups (broad SMARTS) is 1. The van der Waals surface area contributed by atoms with Crippen LogP contribution in [0.25, 0.3) is 0 Å². The number of nitriles is 1. The van der Waals surface area contributed by atoms with Crippen LogP contribution in [0.15, 0.2) is 24.3 Å². The lowest BCUT2D eigenvalue weighted by molar-refractivity contribution is -0.137. The summed E-state index contributed by atoms with van der Waals surface area (Å²) in [6.45, 7) is 1.14. The van der Waals surface area contributed by atoms with Crippen molar-refractivity contribution in [2.75, 3.05) is 13.1 Å². The van der Waals surface area contributed by atoms with Gasteiger partial charge in [-0.2, -0.15) is 9.57 Å². The molecule has 7 heteroatoms. The van der Waals surface area contributed by atoms with Crippen LogP contribution in [0.4, 0.5) is 0 Å². The number of rotatable bonds is 6. The number of likely N-dealkylation sites (N-methyl/N-ethyl adjacent to an activating group) is 1. The van der Waals surface area contributed by atoms with Gasteiger partial charge in [-0.05, 0) is 17.7 Å². The summed E-state index contributed by atoms with van der Waals surface area (Å²) in [5, 5.41) is 17.3. The molecule has 0 spiro atoms. The number of carboxylic acids is 1. The van der Waals surface area contributed by atoms with Gasteiger partial charge in [0.15, 0.2) is 0 Å². The predicted octanol–water partition coefficient (Wildman–Crippen LogP) is 0.795. The van der Waals surface area contributed by atoms with Gasteiger partial charge in [0.05, 0.1) is 17.4 Å². The molecule has 0 heterocycles. The molecule has 0 aromatic heterocycles. The fourth-order valence-corrected chi connectivity index (χ4v) is 3.03. The Balaban J connectivity index is 2.88. The lowest BCUT2D eigenvalue weighted by atomic mass is 10.2. The summed E-state index contributed by atoms with van der Waals surface area (Å²) in [6.07, 6.45) is 0. The first kappa shape index (κ1) is 15.1. The molecule has 0 fully saturated rings. The normalized spacial score (nSPS) is 11.2. The SMILES string of the molecule is CCN(CC(=O)O)S(=O)(=O)Cc1ccc(C#N)cc1. The number of nitrogens with zero attached hydrogens (tertiary/aromatic N) is 2. The van der Waals surface area contributed by atoms with Crippen molar-refractivity contribution in [2.24, 2.45) is 0 Å². The molecule has 0 saturated carbocycles. The van der Waals surface area contributed by atoms with Gasteiger partial charge >= 0.3 is 5.97 Å². The van der Waals surface area contributed by atoms with E-state index in [-0.39, 0.29) is 12.3 Å². The minimum atomic E-state index is -3.67. The zero-order chi connectivity index (χ0) is 14.5. The van der Waals surface area contributed by atoms with E-state index in [1.807, 2.05) is 6.07 Å². The smallest absolute Gasteiger partial charge is 0.318 e. The maximum Gasteiger partial charge on any atom is 0.318 e. The number of hydrogen-bond donors (Lipinski definition) is 1. The summed E-state index contributed by atoms with van der Waals surface area (Å²) >= 11 is 0. The Hall–Kier alpha value is -1.91. The van der Waals surface area contributed by atoms with Gasteiger partial charge in [0.2, 0.25) is 10.0 Å². The Labute approximate surface area is 111 Å². The molecule has 0 amide bonds. The number of benzene rings is 1. The number of aliphatic carboxylic acids is 1. The van der Waals surface area contributed by atoms with E-state index in [1.165, 1.54) is 12.1 Å². The van der Waals surface area contributed by atoms with Crippen molar-refractivity contribution >= 4 is 16.0 Å². The molecule has 0 saturated heterocycles. The Morgan fingerprint density at radius 2 is 1.95 bits per heavy atom. The first-order valence-electron chi connectivity index (χ1n) is 5.57. The summed E-state index contributed by atoms with van der Waals surface area (Å²) in [5.41, 5.74) is 0.960. The molecule has 0 aliphatic heterocycles. The van der Waals surface area contributed by atoms with Gasteiger partial charge in [0.25, 0.3) is 0 Å². The van der Waals surface area contributed by atoms with Gasteiger partial charge in [-0.15, -0.1) is 0 Å². The van der Waals surface area contributed by atoms with E-state index in [0.29, 0.717) is 11.1 Å². The molecule has 0 atom stereocenters.